The van der Waals surface area contributed by atoms with Gasteiger partial charge in [0.1, 0.15) is 16.0 Å². The molecular formula is C16H15Br2N3O3. The maximum Gasteiger partial charge on any atom is 0.259 e. The Kier molecular flexibility index (Phi) is 6.22. The summed E-state index contributed by atoms with van der Waals surface area (Å²) in [7, 11) is 0. The highest BCUT2D eigenvalue weighted by Crippen LogP contribution is 2.40. The molecule has 0 bridgehead atoms. The van der Waals surface area contributed by atoms with E-state index in [0.717, 1.165) is 11.3 Å². The predicted octanol–water partition coefficient (Wildman–Crippen LogP) is 3.49. The molecule has 0 atom stereocenters. The lowest BCUT2D eigenvalue weighted by molar-refractivity contribution is -0.119. The van der Waals surface area contributed by atoms with Gasteiger partial charge in [0.05, 0.1) is 17.2 Å². The molecule has 0 aliphatic rings. The summed E-state index contributed by atoms with van der Waals surface area (Å²) in [5.74, 6) is -0.620. The summed E-state index contributed by atoms with van der Waals surface area (Å²) in [6, 6.07) is 9.14. The largest absolute Gasteiger partial charge is 0.506 e. The number of rotatable bonds is 5. The van der Waals surface area contributed by atoms with Crippen LogP contribution in [0.1, 0.15) is 11.1 Å². The van der Waals surface area contributed by atoms with E-state index in [-0.39, 0.29) is 28.4 Å². The van der Waals surface area contributed by atoms with Crippen LogP contribution in [0.5, 0.6) is 11.5 Å². The van der Waals surface area contributed by atoms with E-state index in [4.69, 9.17) is 0 Å². The third-order valence-electron chi connectivity index (χ3n) is 3.10. The van der Waals surface area contributed by atoms with Gasteiger partial charge in [-0.15, -0.1) is 0 Å². The first kappa shape index (κ1) is 18.3. The normalized spacial score (nSPS) is 10.8. The number of hydrazone groups is 1. The van der Waals surface area contributed by atoms with Crippen LogP contribution in [-0.4, -0.2) is 28.9 Å². The van der Waals surface area contributed by atoms with Crippen molar-refractivity contribution in [3.05, 3.63) is 50.4 Å². The molecule has 0 aliphatic carbocycles. The number of amides is 1. The van der Waals surface area contributed by atoms with Crippen molar-refractivity contribution in [2.75, 3.05) is 11.9 Å². The van der Waals surface area contributed by atoms with Gasteiger partial charge in [0, 0.05) is 11.3 Å². The molecule has 0 fully saturated rings. The van der Waals surface area contributed by atoms with Crippen LogP contribution < -0.4 is 10.7 Å². The monoisotopic (exact) mass is 455 g/mol. The van der Waals surface area contributed by atoms with Gasteiger partial charge in [-0.2, -0.15) is 5.10 Å². The molecule has 2 rings (SSSR count). The molecule has 0 aromatic heterocycles. The number of aryl methyl sites for hydroxylation is 1. The van der Waals surface area contributed by atoms with Crippen molar-refractivity contribution in [2.24, 2.45) is 5.10 Å². The first-order valence-electron chi connectivity index (χ1n) is 6.91. The van der Waals surface area contributed by atoms with Crippen LogP contribution in [0.4, 0.5) is 5.69 Å². The molecule has 0 heterocycles. The Morgan fingerprint density at radius 2 is 1.88 bits per heavy atom. The Hall–Kier alpha value is -2.06. The molecule has 0 spiro atoms. The molecule has 0 radical (unpaired) electrons. The topological polar surface area (TPSA) is 94.0 Å². The van der Waals surface area contributed by atoms with Gasteiger partial charge in [0.15, 0.2) is 0 Å². The minimum atomic E-state index is -0.330. The van der Waals surface area contributed by atoms with Crippen molar-refractivity contribution in [1.29, 1.82) is 0 Å². The summed E-state index contributed by atoms with van der Waals surface area (Å²) in [5, 5.41) is 26.3. The minimum Gasteiger partial charge on any atom is -0.506 e. The number of phenolic OH excluding ortho intramolecular Hbond substituents is 2. The summed E-state index contributed by atoms with van der Waals surface area (Å²) < 4.78 is 0.534. The molecule has 2 aromatic carbocycles. The number of benzene rings is 2. The number of phenols is 2. The molecule has 0 saturated heterocycles. The molecule has 126 valence electrons. The molecule has 2 aromatic rings. The zero-order valence-electron chi connectivity index (χ0n) is 12.7. The van der Waals surface area contributed by atoms with Crippen LogP contribution in [0.3, 0.4) is 0 Å². The quantitative estimate of drug-likeness (QED) is 0.409. The van der Waals surface area contributed by atoms with Crippen molar-refractivity contribution in [3.63, 3.8) is 0 Å². The number of anilines is 1. The van der Waals surface area contributed by atoms with Crippen LogP contribution in [0.15, 0.2) is 44.4 Å². The fraction of sp³-hybridized carbons (Fsp3) is 0.125. The molecule has 0 saturated carbocycles. The summed E-state index contributed by atoms with van der Waals surface area (Å²) in [6.07, 6.45) is 1.29. The van der Waals surface area contributed by atoms with E-state index >= 15 is 0 Å². The molecule has 8 heteroatoms. The number of nitrogens with zero attached hydrogens (tertiary/aromatic N) is 1. The van der Waals surface area contributed by atoms with Gasteiger partial charge in [0.25, 0.3) is 5.91 Å². The Morgan fingerprint density at radius 1 is 1.21 bits per heavy atom. The highest BCUT2D eigenvalue weighted by Gasteiger charge is 2.12. The average Bonchev–Trinajstić information content (AvgIpc) is 2.57. The molecule has 1 amide bonds. The van der Waals surface area contributed by atoms with Gasteiger partial charge in [-0.25, -0.2) is 5.43 Å². The van der Waals surface area contributed by atoms with Crippen molar-refractivity contribution < 1.29 is 15.0 Å². The van der Waals surface area contributed by atoms with Crippen LogP contribution >= 0.6 is 31.9 Å². The minimum absolute atomic E-state index is 0.0648. The standard InChI is InChI=1S/C16H15Br2N3O3/c1-9-2-4-11(5-3-9)19-8-13(22)21-20-7-10-6-12(17)16(24)14(18)15(10)23/h2-7,19,23-24H,8H2,1H3,(H,21,22)/b20-7-. The van der Waals surface area contributed by atoms with Gasteiger partial charge >= 0.3 is 0 Å². The van der Waals surface area contributed by atoms with E-state index in [9.17, 15) is 15.0 Å². The Bertz CT molecular complexity index is 777. The number of carbonyl (C=O) groups excluding carboxylic acids is 1. The molecule has 0 aliphatic heterocycles. The number of hydrogen-bond donors (Lipinski definition) is 4. The number of aromatic hydroxyl groups is 2. The number of hydrogen-bond acceptors (Lipinski definition) is 5. The van der Waals surface area contributed by atoms with E-state index in [1.165, 1.54) is 12.3 Å². The van der Waals surface area contributed by atoms with Gasteiger partial charge < -0.3 is 15.5 Å². The highest BCUT2D eigenvalue weighted by atomic mass is 79.9. The zero-order chi connectivity index (χ0) is 17.7. The lowest BCUT2D eigenvalue weighted by atomic mass is 10.2. The Balaban J connectivity index is 1.92. The molecular weight excluding hydrogens is 442 g/mol. The number of carbonyl (C=O) groups is 1. The summed E-state index contributed by atoms with van der Waals surface area (Å²) in [6.45, 7) is 2.05. The van der Waals surface area contributed by atoms with Gasteiger partial charge in [-0.05, 0) is 57.0 Å². The second-order valence-corrected chi connectivity index (χ2v) is 6.62. The lowest BCUT2D eigenvalue weighted by Crippen LogP contribution is -2.25. The summed E-state index contributed by atoms with van der Waals surface area (Å²) in [5.41, 5.74) is 4.67. The fourth-order valence-corrected chi connectivity index (χ4v) is 2.94. The SMILES string of the molecule is Cc1ccc(NCC(=O)N/N=C\c2cc(Br)c(O)c(Br)c2O)cc1. The third kappa shape index (κ3) is 4.72. The van der Waals surface area contributed by atoms with Crippen molar-refractivity contribution in [2.45, 2.75) is 6.92 Å². The first-order valence-corrected chi connectivity index (χ1v) is 8.49. The van der Waals surface area contributed by atoms with Crippen LogP contribution in [0.25, 0.3) is 0 Å². The maximum atomic E-state index is 11.7. The third-order valence-corrected chi connectivity index (χ3v) is 4.45. The van der Waals surface area contributed by atoms with E-state index in [1.54, 1.807) is 0 Å². The van der Waals surface area contributed by atoms with E-state index in [1.807, 2.05) is 31.2 Å². The van der Waals surface area contributed by atoms with Crippen molar-refractivity contribution in [1.82, 2.24) is 5.43 Å². The van der Waals surface area contributed by atoms with E-state index in [2.05, 4.69) is 47.7 Å². The number of halogens is 2. The van der Waals surface area contributed by atoms with Crippen LogP contribution in [-0.2, 0) is 4.79 Å². The van der Waals surface area contributed by atoms with E-state index < -0.39 is 0 Å². The Labute approximate surface area is 155 Å². The molecule has 4 N–H and O–H groups in total. The van der Waals surface area contributed by atoms with Crippen molar-refractivity contribution in [3.8, 4) is 11.5 Å². The number of nitrogens with one attached hydrogen (secondary N) is 2. The molecule has 6 nitrogen and oxygen atoms in total. The highest BCUT2D eigenvalue weighted by molar-refractivity contribution is 9.11. The lowest BCUT2D eigenvalue weighted by Gasteiger charge is -2.07. The fourth-order valence-electron chi connectivity index (χ4n) is 1.78. The maximum absolute atomic E-state index is 11.7. The first-order chi connectivity index (χ1) is 11.4. The van der Waals surface area contributed by atoms with Gasteiger partial charge in [-0.1, -0.05) is 17.7 Å². The molecule has 0 unspecified atom stereocenters. The second kappa shape index (κ2) is 8.16. The predicted molar refractivity (Wildman–Crippen MR) is 101 cm³/mol. The van der Waals surface area contributed by atoms with Crippen LogP contribution in [0.2, 0.25) is 0 Å². The smallest absolute Gasteiger partial charge is 0.259 e. The second-order valence-electron chi connectivity index (χ2n) is 4.97. The van der Waals surface area contributed by atoms with Gasteiger partial charge in [-0.3, -0.25) is 4.79 Å². The zero-order valence-corrected chi connectivity index (χ0v) is 15.8. The van der Waals surface area contributed by atoms with Crippen molar-refractivity contribution >= 4 is 49.7 Å². The summed E-state index contributed by atoms with van der Waals surface area (Å²) >= 11 is 6.23. The van der Waals surface area contributed by atoms with Crippen LogP contribution in [0, 0.1) is 6.92 Å². The van der Waals surface area contributed by atoms with Gasteiger partial charge in [0.2, 0.25) is 0 Å². The average molecular weight is 457 g/mol. The van der Waals surface area contributed by atoms with E-state index in [0.29, 0.717) is 10.0 Å². The molecule has 24 heavy (non-hydrogen) atoms. The summed E-state index contributed by atoms with van der Waals surface area (Å²) in [4.78, 5) is 11.7. The Morgan fingerprint density at radius 3 is 2.54 bits per heavy atom.